The Morgan fingerprint density at radius 1 is 1.10 bits per heavy atom. The number of esters is 1. The van der Waals surface area contributed by atoms with Gasteiger partial charge >= 0.3 is 18.1 Å². The molecule has 0 saturated carbocycles. The summed E-state index contributed by atoms with van der Waals surface area (Å²) in [6.45, 7) is 1.69. The number of alkyl halides is 3. The van der Waals surface area contributed by atoms with E-state index in [0.29, 0.717) is 17.6 Å². The maximum atomic E-state index is 13.7. The molecule has 0 fully saturated rings. The summed E-state index contributed by atoms with van der Waals surface area (Å²) in [6, 6.07) is 8.76. The van der Waals surface area contributed by atoms with E-state index in [9.17, 15) is 37.1 Å². The molecular weight excluding hydrogens is 532 g/mol. The van der Waals surface area contributed by atoms with Crippen molar-refractivity contribution in [2.24, 2.45) is 5.92 Å². The van der Waals surface area contributed by atoms with Crippen LogP contribution in [0.1, 0.15) is 46.2 Å². The molecule has 0 spiro atoms. The molecule has 2 atom stereocenters. The molecule has 1 aromatic heterocycles. The van der Waals surface area contributed by atoms with Crippen molar-refractivity contribution in [3.8, 4) is 11.1 Å². The van der Waals surface area contributed by atoms with Crippen molar-refractivity contribution in [1.29, 1.82) is 0 Å². The number of fused-ring (bicyclic) bond motifs is 1. The number of nitrogens with one attached hydrogen (secondary N) is 1. The molecule has 2 N–H and O–H groups in total. The Morgan fingerprint density at radius 2 is 1.82 bits per heavy atom. The van der Waals surface area contributed by atoms with Gasteiger partial charge in [-0.1, -0.05) is 36.8 Å². The molecular formula is C29H24F4N2O5. The van der Waals surface area contributed by atoms with Crippen LogP contribution in [0.2, 0.25) is 0 Å². The summed E-state index contributed by atoms with van der Waals surface area (Å²) >= 11 is 0. The number of rotatable bonds is 7. The number of methoxy groups -OCH3 is 1. The van der Waals surface area contributed by atoms with Crippen LogP contribution in [0.15, 0.2) is 72.1 Å². The molecule has 0 saturated heterocycles. The van der Waals surface area contributed by atoms with Gasteiger partial charge in [0.25, 0.3) is 5.91 Å². The molecule has 1 aliphatic rings. The van der Waals surface area contributed by atoms with Gasteiger partial charge in [-0.3, -0.25) is 4.79 Å². The predicted molar refractivity (Wildman–Crippen MR) is 138 cm³/mol. The van der Waals surface area contributed by atoms with E-state index in [1.165, 1.54) is 42.5 Å². The van der Waals surface area contributed by atoms with Crippen LogP contribution in [0.3, 0.4) is 0 Å². The van der Waals surface area contributed by atoms with Crippen LogP contribution in [0.25, 0.3) is 22.0 Å². The number of hydrogen-bond donors (Lipinski definition) is 2. The van der Waals surface area contributed by atoms with Crippen LogP contribution in [-0.4, -0.2) is 41.1 Å². The van der Waals surface area contributed by atoms with Gasteiger partial charge in [0, 0.05) is 11.3 Å². The maximum Gasteiger partial charge on any atom is 0.416 e. The number of carbonyl (C=O) groups excluding carboxylic acids is 2. The normalized spacial score (nSPS) is 16.1. The van der Waals surface area contributed by atoms with E-state index in [1.807, 2.05) is 0 Å². The molecule has 7 nitrogen and oxygen atoms in total. The third-order valence-electron chi connectivity index (χ3n) is 6.57. The number of carbonyl (C=O) groups is 3. The first kappa shape index (κ1) is 28.5. The van der Waals surface area contributed by atoms with E-state index >= 15 is 0 Å². The summed E-state index contributed by atoms with van der Waals surface area (Å²) in [4.78, 5) is 41.8. The second-order valence-electron chi connectivity index (χ2n) is 9.41. The van der Waals surface area contributed by atoms with Crippen LogP contribution in [-0.2, 0) is 15.7 Å². The molecule has 4 rings (SSSR count). The number of aromatic nitrogens is 1. The van der Waals surface area contributed by atoms with Crippen molar-refractivity contribution in [3.05, 3.63) is 88.9 Å². The van der Waals surface area contributed by atoms with Gasteiger partial charge in [-0.25, -0.2) is 19.0 Å². The summed E-state index contributed by atoms with van der Waals surface area (Å²) in [5.74, 6) is -3.65. The van der Waals surface area contributed by atoms with E-state index in [2.05, 4.69) is 10.3 Å². The summed E-state index contributed by atoms with van der Waals surface area (Å²) < 4.78 is 58.1. The number of carboxylic acid groups (broad SMARTS) is 1. The largest absolute Gasteiger partial charge is 0.478 e. The highest BCUT2D eigenvalue weighted by Crippen LogP contribution is 2.33. The first-order valence-corrected chi connectivity index (χ1v) is 12.2. The number of hydrogen-bond acceptors (Lipinski definition) is 5. The predicted octanol–water partition coefficient (Wildman–Crippen LogP) is 6.10. The zero-order chi connectivity index (χ0) is 29.2. The minimum Gasteiger partial charge on any atom is -0.478 e. The summed E-state index contributed by atoms with van der Waals surface area (Å²) in [6.07, 6.45) is -1.32. The molecule has 1 unspecified atom stereocenters. The first-order chi connectivity index (χ1) is 18.9. The van der Waals surface area contributed by atoms with Crippen molar-refractivity contribution < 1.29 is 41.8 Å². The number of amides is 1. The Kier molecular flexibility index (Phi) is 8.03. The van der Waals surface area contributed by atoms with Gasteiger partial charge in [0.1, 0.15) is 17.6 Å². The molecule has 3 aromatic rings. The molecule has 208 valence electrons. The van der Waals surface area contributed by atoms with Crippen LogP contribution in [0, 0.1) is 5.92 Å². The van der Waals surface area contributed by atoms with E-state index in [-0.39, 0.29) is 45.9 Å². The lowest BCUT2D eigenvalue weighted by Gasteiger charge is -2.21. The van der Waals surface area contributed by atoms with Gasteiger partial charge in [0.2, 0.25) is 0 Å². The number of allylic oxidation sites excluding steroid dienone is 3. The smallest absolute Gasteiger partial charge is 0.416 e. The number of benzene rings is 2. The quantitative estimate of drug-likeness (QED) is 0.269. The van der Waals surface area contributed by atoms with Crippen molar-refractivity contribution in [2.45, 2.75) is 32.0 Å². The Balaban J connectivity index is 1.66. The highest BCUT2D eigenvalue weighted by molar-refractivity contribution is 6.07. The molecule has 0 radical (unpaired) electrons. The Morgan fingerprint density at radius 3 is 2.48 bits per heavy atom. The van der Waals surface area contributed by atoms with Gasteiger partial charge in [-0.2, -0.15) is 13.2 Å². The van der Waals surface area contributed by atoms with E-state index in [1.54, 1.807) is 6.92 Å². The fourth-order valence-electron chi connectivity index (χ4n) is 4.48. The average Bonchev–Trinajstić information content (AvgIpc) is 2.92. The minimum atomic E-state index is -4.55. The zero-order valence-electron chi connectivity index (χ0n) is 21.4. The number of aromatic carboxylic acids is 1. The second kappa shape index (κ2) is 11.3. The van der Waals surface area contributed by atoms with Crippen LogP contribution in [0.4, 0.5) is 17.6 Å². The average molecular weight is 557 g/mol. The number of halogens is 4. The topological polar surface area (TPSA) is 106 Å². The molecule has 2 aromatic carbocycles. The van der Waals surface area contributed by atoms with Crippen molar-refractivity contribution in [2.75, 3.05) is 7.11 Å². The van der Waals surface area contributed by atoms with Crippen LogP contribution >= 0.6 is 0 Å². The van der Waals surface area contributed by atoms with Gasteiger partial charge in [-0.05, 0) is 60.4 Å². The molecule has 1 aliphatic carbocycles. The lowest BCUT2D eigenvalue weighted by atomic mass is 9.91. The van der Waals surface area contributed by atoms with Crippen molar-refractivity contribution >= 4 is 28.7 Å². The third kappa shape index (κ3) is 6.19. The highest BCUT2D eigenvalue weighted by Gasteiger charge is 2.31. The fourth-order valence-corrected chi connectivity index (χ4v) is 4.48. The van der Waals surface area contributed by atoms with Crippen LogP contribution < -0.4 is 5.32 Å². The monoisotopic (exact) mass is 556 g/mol. The molecule has 0 bridgehead atoms. The minimum absolute atomic E-state index is 0.0479. The maximum absolute atomic E-state index is 13.7. The van der Waals surface area contributed by atoms with Gasteiger partial charge in [-0.15, -0.1) is 0 Å². The van der Waals surface area contributed by atoms with Crippen molar-refractivity contribution in [3.63, 3.8) is 0 Å². The van der Waals surface area contributed by atoms with Crippen LogP contribution in [0.5, 0.6) is 0 Å². The number of nitrogens with zero attached hydrogens (tertiary/aromatic N) is 1. The van der Waals surface area contributed by atoms with Gasteiger partial charge in [0.05, 0.1) is 23.8 Å². The summed E-state index contributed by atoms with van der Waals surface area (Å²) in [5, 5.41) is 12.5. The lowest BCUT2D eigenvalue weighted by molar-refractivity contribution is -0.143. The van der Waals surface area contributed by atoms with E-state index in [4.69, 9.17) is 4.74 Å². The molecule has 1 amide bonds. The van der Waals surface area contributed by atoms with Gasteiger partial charge in [0.15, 0.2) is 0 Å². The standard InChI is InChI=1S/C29H24F4N2O5/c1-15-10-16(6-8-22(15)30)11-25(28(39)40-2)35-26(36)24-14-21(27(37)38)20-13-18(7-9-23(20)34-24)17-4-3-5-19(12-17)29(31,32)33/h3-9,12-15,25H,10-11H2,1-2H3,(H,35,36)(H,37,38)/t15?,25-/m0/s1. The SMILES string of the molecule is COC(=O)[C@H](CC1=CC=C(F)C(C)C1)NC(=O)c1cc(C(=O)O)c2cc(-c3cccc(C(F)(F)F)c3)ccc2n1. The number of pyridine rings is 1. The van der Waals surface area contributed by atoms with E-state index < -0.39 is 35.6 Å². The van der Waals surface area contributed by atoms with E-state index in [0.717, 1.165) is 25.3 Å². The second-order valence-corrected chi connectivity index (χ2v) is 9.41. The molecule has 40 heavy (non-hydrogen) atoms. The number of ether oxygens (including phenoxy) is 1. The zero-order valence-corrected chi connectivity index (χ0v) is 21.4. The Labute approximate surface area is 226 Å². The van der Waals surface area contributed by atoms with Crippen molar-refractivity contribution in [1.82, 2.24) is 10.3 Å². The molecule has 1 heterocycles. The first-order valence-electron chi connectivity index (χ1n) is 12.2. The summed E-state index contributed by atoms with van der Waals surface area (Å²) in [7, 11) is 1.15. The Bertz CT molecular complexity index is 1560. The third-order valence-corrected chi connectivity index (χ3v) is 6.57. The lowest BCUT2D eigenvalue weighted by Crippen LogP contribution is -2.42. The number of carboxylic acids is 1. The molecule has 0 aliphatic heterocycles. The fraction of sp³-hybridized carbons (Fsp3) is 0.241. The Hall–Kier alpha value is -4.54. The van der Waals surface area contributed by atoms with Gasteiger partial charge < -0.3 is 15.2 Å². The molecule has 11 heteroatoms. The highest BCUT2D eigenvalue weighted by atomic mass is 19.4. The summed E-state index contributed by atoms with van der Waals surface area (Å²) in [5.41, 5.74) is -0.0773.